The maximum Gasteiger partial charge on any atom is 0.274 e. The Balaban J connectivity index is 1.80. The number of carbonyl (C=O) groups excluding carboxylic acids is 2. The summed E-state index contributed by atoms with van der Waals surface area (Å²) in [4.78, 5) is 28.9. The number of hydrogen-bond acceptors (Lipinski definition) is 3. The van der Waals surface area contributed by atoms with Gasteiger partial charge in [0.15, 0.2) is 0 Å². The van der Waals surface area contributed by atoms with Gasteiger partial charge in [-0.25, -0.2) is 4.39 Å². The Hall–Kier alpha value is -3.25. The van der Waals surface area contributed by atoms with Gasteiger partial charge in [-0.05, 0) is 55.3 Å². The first-order valence-electron chi connectivity index (χ1n) is 8.45. The molecule has 5 nitrogen and oxygen atoms in total. The predicted octanol–water partition coefficient (Wildman–Crippen LogP) is 5.00. The van der Waals surface area contributed by atoms with Crippen molar-refractivity contribution in [1.82, 2.24) is 4.98 Å². The van der Waals surface area contributed by atoms with Crippen LogP contribution < -0.4 is 10.6 Å². The van der Waals surface area contributed by atoms with E-state index >= 15 is 0 Å². The van der Waals surface area contributed by atoms with E-state index < -0.39 is 17.6 Å². The molecule has 0 unspecified atom stereocenters. The van der Waals surface area contributed by atoms with E-state index in [9.17, 15) is 14.0 Å². The van der Waals surface area contributed by atoms with Crippen LogP contribution in [0.5, 0.6) is 0 Å². The molecule has 3 rings (SSSR count). The van der Waals surface area contributed by atoms with E-state index in [0.717, 1.165) is 11.1 Å². The summed E-state index contributed by atoms with van der Waals surface area (Å²) < 4.78 is 13.7. The van der Waals surface area contributed by atoms with Crippen LogP contribution in [-0.2, 0) is 0 Å². The van der Waals surface area contributed by atoms with Crippen molar-refractivity contribution in [1.29, 1.82) is 0 Å². The van der Waals surface area contributed by atoms with Crippen molar-refractivity contribution in [2.75, 3.05) is 10.6 Å². The van der Waals surface area contributed by atoms with Crippen molar-refractivity contribution in [3.8, 4) is 0 Å². The third-order valence-corrected chi connectivity index (χ3v) is 4.35. The summed E-state index contributed by atoms with van der Waals surface area (Å²) >= 11 is 6.23. The van der Waals surface area contributed by atoms with Crippen molar-refractivity contribution >= 4 is 34.8 Å². The van der Waals surface area contributed by atoms with Crippen molar-refractivity contribution in [2.45, 2.75) is 13.8 Å². The van der Waals surface area contributed by atoms with Crippen LogP contribution in [0, 0.1) is 19.7 Å². The number of nitrogens with one attached hydrogen (secondary N) is 2. The van der Waals surface area contributed by atoms with Crippen LogP contribution in [0.25, 0.3) is 0 Å². The van der Waals surface area contributed by atoms with Crippen LogP contribution in [-0.4, -0.2) is 16.8 Å². The number of hydrogen-bond donors (Lipinski definition) is 2. The van der Waals surface area contributed by atoms with Crippen LogP contribution >= 0.6 is 11.6 Å². The molecule has 0 atom stereocenters. The topological polar surface area (TPSA) is 71.1 Å². The van der Waals surface area contributed by atoms with Gasteiger partial charge in [-0.2, -0.15) is 0 Å². The molecule has 0 saturated carbocycles. The highest BCUT2D eigenvalue weighted by Gasteiger charge is 2.15. The van der Waals surface area contributed by atoms with Gasteiger partial charge in [-0.1, -0.05) is 29.8 Å². The average Bonchev–Trinajstić information content (AvgIpc) is 2.66. The highest BCUT2D eigenvalue weighted by Crippen LogP contribution is 2.27. The molecule has 0 bridgehead atoms. The lowest BCUT2D eigenvalue weighted by Crippen LogP contribution is -2.18. The van der Waals surface area contributed by atoms with E-state index in [1.54, 1.807) is 12.1 Å². The van der Waals surface area contributed by atoms with Gasteiger partial charge >= 0.3 is 0 Å². The van der Waals surface area contributed by atoms with Gasteiger partial charge < -0.3 is 10.6 Å². The first-order valence-corrected chi connectivity index (χ1v) is 8.83. The van der Waals surface area contributed by atoms with Gasteiger partial charge in [0.2, 0.25) is 0 Å². The summed E-state index contributed by atoms with van der Waals surface area (Å²) in [6, 6.07) is 12.3. The first-order chi connectivity index (χ1) is 13.3. The van der Waals surface area contributed by atoms with E-state index in [0.29, 0.717) is 10.7 Å². The van der Waals surface area contributed by atoms with Gasteiger partial charge in [0, 0.05) is 11.8 Å². The Bertz CT molecular complexity index is 1050. The third kappa shape index (κ3) is 4.35. The predicted molar refractivity (Wildman–Crippen MR) is 107 cm³/mol. The lowest BCUT2D eigenvalue weighted by atomic mass is 10.1. The summed E-state index contributed by atoms with van der Waals surface area (Å²) in [5.41, 5.74) is 2.56. The molecule has 2 amide bonds. The average molecular weight is 398 g/mol. The van der Waals surface area contributed by atoms with Gasteiger partial charge in [0.05, 0.1) is 16.4 Å². The van der Waals surface area contributed by atoms with Crippen LogP contribution in [0.4, 0.5) is 15.8 Å². The molecule has 0 fully saturated rings. The Labute approximate surface area is 166 Å². The summed E-state index contributed by atoms with van der Waals surface area (Å²) in [5, 5.41) is 5.62. The molecule has 0 aliphatic rings. The molecule has 3 aromatic rings. The third-order valence-electron chi connectivity index (χ3n) is 4.05. The number of benzene rings is 2. The second-order valence-corrected chi connectivity index (χ2v) is 6.66. The molecule has 2 aromatic carbocycles. The zero-order valence-corrected chi connectivity index (χ0v) is 16.0. The number of carbonyl (C=O) groups is 2. The van der Waals surface area contributed by atoms with E-state index in [4.69, 9.17) is 11.6 Å². The van der Waals surface area contributed by atoms with Crippen LogP contribution in [0.1, 0.15) is 32.0 Å². The maximum absolute atomic E-state index is 13.7. The summed E-state index contributed by atoms with van der Waals surface area (Å²) in [5.74, 6) is -1.62. The number of amides is 2. The van der Waals surface area contributed by atoms with E-state index in [1.807, 2.05) is 19.9 Å². The summed E-state index contributed by atoms with van der Waals surface area (Å²) in [6.07, 6.45) is 1.34. The SMILES string of the molecule is Cc1cc(C)c(NC(=O)c2ccnc(C(=O)Nc3ccccc3F)c2)c(Cl)c1. The minimum absolute atomic E-state index is 0.0115. The molecular weight excluding hydrogens is 381 g/mol. The lowest BCUT2D eigenvalue weighted by Gasteiger charge is -2.12. The smallest absolute Gasteiger partial charge is 0.274 e. The van der Waals surface area contributed by atoms with Crippen molar-refractivity contribution in [3.63, 3.8) is 0 Å². The number of anilines is 2. The fraction of sp³-hybridized carbons (Fsp3) is 0.0952. The summed E-state index contributed by atoms with van der Waals surface area (Å²) in [6.45, 7) is 3.75. The molecule has 28 heavy (non-hydrogen) atoms. The van der Waals surface area contributed by atoms with Gasteiger partial charge in [0.25, 0.3) is 11.8 Å². The quantitative estimate of drug-likeness (QED) is 0.651. The molecule has 0 aliphatic carbocycles. The van der Waals surface area contributed by atoms with E-state index in [-0.39, 0.29) is 16.9 Å². The largest absolute Gasteiger partial charge is 0.320 e. The van der Waals surface area contributed by atoms with Gasteiger partial charge in [-0.3, -0.25) is 14.6 Å². The maximum atomic E-state index is 13.7. The minimum atomic E-state index is -0.621. The minimum Gasteiger partial charge on any atom is -0.320 e. The van der Waals surface area contributed by atoms with Crippen LogP contribution in [0.3, 0.4) is 0 Å². The Morgan fingerprint density at radius 1 is 1.00 bits per heavy atom. The molecule has 1 heterocycles. The molecule has 0 spiro atoms. The Morgan fingerprint density at radius 3 is 2.46 bits per heavy atom. The number of rotatable bonds is 4. The van der Waals surface area contributed by atoms with Crippen LogP contribution in [0.15, 0.2) is 54.7 Å². The molecule has 7 heteroatoms. The molecule has 0 saturated heterocycles. The zero-order chi connectivity index (χ0) is 20.3. The fourth-order valence-corrected chi connectivity index (χ4v) is 3.07. The highest BCUT2D eigenvalue weighted by molar-refractivity contribution is 6.34. The second-order valence-electron chi connectivity index (χ2n) is 6.26. The Morgan fingerprint density at radius 2 is 1.75 bits per heavy atom. The normalized spacial score (nSPS) is 10.4. The first kappa shape index (κ1) is 19.5. The van der Waals surface area contributed by atoms with Gasteiger partial charge in [0.1, 0.15) is 11.5 Å². The van der Waals surface area contributed by atoms with Crippen molar-refractivity contribution < 1.29 is 14.0 Å². The Kier molecular flexibility index (Phi) is 5.70. The molecule has 1 aromatic heterocycles. The molecular formula is C21H17ClFN3O2. The number of aryl methyl sites for hydroxylation is 2. The van der Waals surface area contributed by atoms with E-state index in [2.05, 4.69) is 15.6 Å². The van der Waals surface area contributed by atoms with E-state index in [1.165, 1.54) is 36.5 Å². The highest BCUT2D eigenvalue weighted by atomic mass is 35.5. The molecule has 0 aliphatic heterocycles. The number of halogens is 2. The van der Waals surface area contributed by atoms with Crippen molar-refractivity contribution in [2.24, 2.45) is 0 Å². The molecule has 0 radical (unpaired) electrons. The standard InChI is InChI=1S/C21H17ClFN3O2/c1-12-9-13(2)19(15(22)10-12)26-20(27)14-7-8-24-18(11-14)21(28)25-17-6-4-3-5-16(17)23/h3-11H,1-2H3,(H,25,28)(H,26,27). The molecule has 142 valence electrons. The summed E-state index contributed by atoms with van der Waals surface area (Å²) in [7, 11) is 0. The van der Waals surface area contributed by atoms with Crippen LogP contribution in [0.2, 0.25) is 5.02 Å². The zero-order valence-electron chi connectivity index (χ0n) is 15.2. The number of pyridine rings is 1. The fourth-order valence-electron chi connectivity index (χ4n) is 2.70. The van der Waals surface area contributed by atoms with Gasteiger partial charge in [-0.15, -0.1) is 0 Å². The number of nitrogens with zero attached hydrogens (tertiary/aromatic N) is 1. The van der Waals surface area contributed by atoms with Crippen molar-refractivity contribution in [3.05, 3.63) is 88.0 Å². The second kappa shape index (κ2) is 8.19. The lowest BCUT2D eigenvalue weighted by molar-refractivity contribution is 0.102. The molecule has 2 N–H and O–H groups in total. The monoisotopic (exact) mass is 397 g/mol. The number of para-hydroxylation sites is 1. The number of aromatic nitrogens is 1.